The van der Waals surface area contributed by atoms with Gasteiger partial charge in [-0.25, -0.2) is 4.79 Å². The molecule has 1 aromatic heterocycles. The van der Waals surface area contributed by atoms with Crippen LogP contribution in [-0.2, 0) is 11.3 Å². The lowest BCUT2D eigenvalue weighted by molar-refractivity contribution is -0.122. The van der Waals surface area contributed by atoms with Gasteiger partial charge >= 0.3 is 5.76 Å². The van der Waals surface area contributed by atoms with Crippen molar-refractivity contribution in [3.8, 4) is 0 Å². The molecule has 0 saturated heterocycles. The Morgan fingerprint density at radius 2 is 2.30 bits per heavy atom. The molecule has 1 heterocycles. The summed E-state index contributed by atoms with van der Waals surface area (Å²) in [7, 11) is 0. The maximum absolute atomic E-state index is 12.0. The molecule has 0 spiro atoms. The number of carbonyl (C=O) groups excluding carboxylic acids is 1. The molecule has 20 heavy (non-hydrogen) atoms. The van der Waals surface area contributed by atoms with Crippen molar-refractivity contribution in [2.75, 3.05) is 0 Å². The second-order valence-corrected chi connectivity index (χ2v) is 5.70. The van der Waals surface area contributed by atoms with Crippen LogP contribution in [0.1, 0.15) is 19.8 Å². The molecule has 5 nitrogen and oxygen atoms in total. The number of hydrogen-bond donors (Lipinski definition) is 1. The Hall–Kier alpha value is -1.75. The highest BCUT2D eigenvalue weighted by Crippen LogP contribution is 2.32. The molecule has 2 aromatic rings. The van der Waals surface area contributed by atoms with Gasteiger partial charge in [-0.1, -0.05) is 11.6 Å². The first-order valence-corrected chi connectivity index (χ1v) is 7.00. The molecule has 1 fully saturated rings. The van der Waals surface area contributed by atoms with E-state index in [2.05, 4.69) is 5.32 Å². The summed E-state index contributed by atoms with van der Waals surface area (Å²) >= 11 is 5.85. The molecule has 0 unspecified atom stereocenters. The van der Waals surface area contributed by atoms with E-state index in [0.29, 0.717) is 22.0 Å². The van der Waals surface area contributed by atoms with Crippen molar-refractivity contribution in [1.82, 2.24) is 9.88 Å². The third-order valence-corrected chi connectivity index (χ3v) is 3.88. The van der Waals surface area contributed by atoms with Crippen molar-refractivity contribution < 1.29 is 9.21 Å². The highest BCUT2D eigenvalue weighted by atomic mass is 35.5. The summed E-state index contributed by atoms with van der Waals surface area (Å²) in [6, 6.07) is 5.07. The zero-order valence-corrected chi connectivity index (χ0v) is 11.8. The minimum atomic E-state index is -0.545. The summed E-state index contributed by atoms with van der Waals surface area (Å²) in [4.78, 5) is 23.8. The van der Waals surface area contributed by atoms with Gasteiger partial charge in [0, 0.05) is 17.1 Å². The fourth-order valence-corrected chi connectivity index (χ4v) is 2.51. The van der Waals surface area contributed by atoms with Crippen molar-refractivity contribution >= 4 is 28.6 Å². The molecule has 1 atom stereocenters. The predicted octanol–water partition coefficient (Wildman–Crippen LogP) is 2.16. The van der Waals surface area contributed by atoms with E-state index in [1.807, 2.05) is 6.92 Å². The van der Waals surface area contributed by atoms with Gasteiger partial charge in [0.05, 0.1) is 5.52 Å². The Kier molecular flexibility index (Phi) is 3.30. The Morgan fingerprint density at radius 1 is 1.55 bits per heavy atom. The first-order chi connectivity index (χ1) is 9.54. The molecular weight excluding hydrogens is 280 g/mol. The van der Waals surface area contributed by atoms with Gasteiger partial charge in [-0.05, 0) is 37.8 Å². The number of hydrogen-bond acceptors (Lipinski definition) is 3. The van der Waals surface area contributed by atoms with E-state index in [1.165, 1.54) is 4.57 Å². The van der Waals surface area contributed by atoms with Gasteiger partial charge in [-0.15, -0.1) is 0 Å². The van der Waals surface area contributed by atoms with Gasteiger partial charge in [-0.3, -0.25) is 9.36 Å². The zero-order chi connectivity index (χ0) is 14.3. The second-order valence-electron chi connectivity index (χ2n) is 5.26. The van der Waals surface area contributed by atoms with Crippen LogP contribution in [-0.4, -0.2) is 16.5 Å². The Bertz CT molecular complexity index is 715. The SMILES string of the molecule is C[C@H](NC(=O)Cn1c(=O)oc2cc(Cl)ccc21)C1CC1. The van der Waals surface area contributed by atoms with Crippen molar-refractivity contribution in [2.45, 2.75) is 32.4 Å². The number of halogens is 1. The molecule has 3 rings (SSSR count). The number of amides is 1. The topological polar surface area (TPSA) is 64.2 Å². The van der Waals surface area contributed by atoms with Crippen LogP contribution in [0, 0.1) is 5.92 Å². The largest absolute Gasteiger partial charge is 0.420 e. The third kappa shape index (κ3) is 2.58. The summed E-state index contributed by atoms with van der Waals surface area (Å²) in [5.74, 6) is -0.142. The van der Waals surface area contributed by atoms with Crippen molar-refractivity contribution in [1.29, 1.82) is 0 Å². The molecule has 1 N–H and O–H groups in total. The van der Waals surface area contributed by atoms with E-state index in [0.717, 1.165) is 12.8 Å². The second kappa shape index (κ2) is 4.98. The molecule has 1 aromatic carbocycles. The molecule has 0 bridgehead atoms. The van der Waals surface area contributed by atoms with Gasteiger partial charge < -0.3 is 9.73 Å². The lowest BCUT2D eigenvalue weighted by atomic mass is 10.2. The summed E-state index contributed by atoms with van der Waals surface area (Å²) < 4.78 is 6.41. The molecule has 1 saturated carbocycles. The predicted molar refractivity (Wildman–Crippen MR) is 75.8 cm³/mol. The number of oxazole rings is 1. The van der Waals surface area contributed by atoms with Crippen LogP contribution in [0.2, 0.25) is 5.02 Å². The van der Waals surface area contributed by atoms with E-state index in [4.69, 9.17) is 16.0 Å². The maximum Gasteiger partial charge on any atom is 0.420 e. The average molecular weight is 295 g/mol. The lowest BCUT2D eigenvalue weighted by Gasteiger charge is -2.12. The molecule has 106 valence electrons. The first kappa shape index (κ1) is 13.2. The van der Waals surface area contributed by atoms with E-state index in [1.54, 1.807) is 18.2 Å². The van der Waals surface area contributed by atoms with Gasteiger partial charge in [0.1, 0.15) is 6.54 Å². The molecule has 6 heteroatoms. The fraction of sp³-hybridized carbons (Fsp3) is 0.429. The van der Waals surface area contributed by atoms with Crippen LogP contribution in [0.3, 0.4) is 0 Å². The smallest absolute Gasteiger partial charge is 0.408 e. The van der Waals surface area contributed by atoms with E-state index < -0.39 is 5.76 Å². The number of rotatable bonds is 4. The maximum atomic E-state index is 12.0. The van der Waals surface area contributed by atoms with E-state index >= 15 is 0 Å². The van der Waals surface area contributed by atoms with Crippen LogP contribution in [0.4, 0.5) is 0 Å². The zero-order valence-electron chi connectivity index (χ0n) is 11.1. The van der Waals surface area contributed by atoms with Crippen molar-refractivity contribution in [2.24, 2.45) is 5.92 Å². The summed E-state index contributed by atoms with van der Waals surface area (Å²) in [6.07, 6.45) is 2.32. The van der Waals surface area contributed by atoms with Crippen molar-refractivity contribution in [3.63, 3.8) is 0 Å². The molecule has 1 aliphatic rings. The molecule has 0 aliphatic heterocycles. The van der Waals surface area contributed by atoms with Crippen LogP contribution < -0.4 is 11.1 Å². The third-order valence-electron chi connectivity index (χ3n) is 3.65. The minimum Gasteiger partial charge on any atom is -0.408 e. The minimum absolute atomic E-state index is 0.0372. The highest BCUT2D eigenvalue weighted by Gasteiger charge is 2.29. The van der Waals surface area contributed by atoms with E-state index in [-0.39, 0.29) is 18.5 Å². The standard InChI is InChI=1S/C14H15ClN2O3/c1-8(9-2-3-9)16-13(18)7-17-11-5-4-10(15)6-12(11)20-14(17)19/h4-6,8-9H,2-3,7H2,1H3,(H,16,18)/t8-/m0/s1. The van der Waals surface area contributed by atoms with Crippen LogP contribution in [0.15, 0.2) is 27.4 Å². The quantitative estimate of drug-likeness (QED) is 0.940. The number of fused-ring (bicyclic) bond motifs is 1. The number of nitrogens with zero attached hydrogens (tertiary/aromatic N) is 1. The van der Waals surface area contributed by atoms with Crippen LogP contribution in [0.25, 0.3) is 11.1 Å². The van der Waals surface area contributed by atoms with Gasteiger partial charge in [0.15, 0.2) is 5.58 Å². The number of nitrogens with one attached hydrogen (secondary N) is 1. The lowest BCUT2D eigenvalue weighted by Crippen LogP contribution is -2.37. The average Bonchev–Trinajstić information content (AvgIpc) is 3.17. The number of carbonyl (C=O) groups is 1. The van der Waals surface area contributed by atoms with Crippen LogP contribution in [0.5, 0.6) is 0 Å². The van der Waals surface area contributed by atoms with Gasteiger partial charge in [0.25, 0.3) is 0 Å². The highest BCUT2D eigenvalue weighted by molar-refractivity contribution is 6.31. The monoisotopic (exact) mass is 294 g/mol. The molecule has 1 aliphatic carbocycles. The Morgan fingerprint density at radius 3 is 3.00 bits per heavy atom. The fourth-order valence-electron chi connectivity index (χ4n) is 2.35. The molecule has 0 radical (unpaired) electrons. The van der Waals surface area contributed by atoms with Crippen molar-refractivity contribution in [3.05, 3.63) is 33.8 Å². The number of benzene rings is 1. The Balaban J connectivity index is 1.81. The normalized spacial score (nSPS) is 16.3. The van der Waals surface area contributed by atoms with E-state index in [9.17, 15) is 9.59 Å². The van der Waals surface area contributed by atoms with Crippen LogP contribution >= 0.6 is 11.6 Å². The van der Waals surface area contributed by atoms with Gasteiger partial charge in [-0.2, -0.15) is 0 Å². The van der Waals surface area contributed by atoms with Gasteiger partial charge in [0.2, 0.25) is 5.91 Å². The number of aromatic nitrogens is 1. The molecule has 1 amide bonds. The summed E-state index contributed by atoms with van der Waals surface area (Å²) in [6.45, 7) is 1.95. The Labute approximate surface area is 120 Å². The molecular formula is C14H15ClN2O3. The summed E-state index contributed by atoms with van der Waals surface area (Å²) in [5.41, 5.74) is 0.971. The first-order valence-electron chi connectivity index (χ1n) is 6.63. The summed E-state index contributed by atoms with van der Waals surface area (Å²) in [5, 5.41) is 3.41.